The second-order valence-corrected chi connectivity index (χ2v) is 7.58. The molecule has 134 valence electrons. The van der Waals surface area contributed by atoms with Crippen molar-refractivity contribution in [2.24, 2.45) is 5.92 Å². The van der Waals surface area contributed by atoms with Gasteiger partial charge in [-0.25, -0.2) is 9.50 Å². The van der Waals surface area contributed by atoms with E-state index in [0.29, 0.717) is 18.3 Å². The molecule has 4 rings (SSSR count). The standard InChI is InChI=1S/C19H27N5O/c20-19-22-17(12-16-9-10-21-24(16)19)15-6-3-11-23(13-15)18(25)8-7-14-4-1-2-5-14/h9-10,12,14-15H,1-8,11,13H2,(H2,20,22). The molecule has 1 aliphatic heterocycles. The number of fused-ring (bicyclic) bond motifs is 1. The number of piperidine rings is 1. The molecule has 1 atom stereocenters. The number of hydrogen-bond acceptors (Lipinski definition) is 4. The molecule has 2 fully saturated rings. The van der Waals surface area contributed by atoms with E-state index in [2.05, 4.69) is 16.1 Å². The van der Waals surface area contributed by atoms with E-state index in [1.54, 1.807) is 10.7 Å². The van der Waals surface area contributed by atoms with E-state index in [4.69, 9.17) is 5.73 Å². The smallest absolute Gasteiger partial charge is 0.222 e. The first kappa shape index (κ1) is 16.4. The summed E-state index contributed by atoms with van der Waals surface area (Å²) in [5, 5.41) is 4.17. The average molecular weight is 341 g/mol. The van der Waals surface area contributed by atoms with Gasteiger partial charge in [0.25, 0.3) is 0 Å². The van der Waals surface area contributed by atoms with Crippen molar-refractivity contribution in [3.8, 4) is 0 Å². The lowest BCUT2D eigenvalue weighted by atomic mass is 9.93. The zero-order chi connectivity index (χ0) is 17.2. The molecule has 1 amide bonds. The maximum absolute atomic E-state index is 12.6. The predicted molar refractivity (Wildman–Crippen MR) is 97.1 cm³/mol. The van der Waals surface area contributed by atoms with E-state index in [0.717, 1.165) is 49.5 Å². The molecule has 1 saturated carbocycles. The summed E-state index contributed by atoms with van der Waals surface area (Å²) in [6.07, 6.45) is 10.9. The van der Waals surface area contributed by atoms with E-state index in [1.807, 2.05) is 11.0 Å². The first-order chi connectivity index (χ1) is 12.2. The topological polar surface area (TPSA) is 76.5 Å². The molecule has 1 unspecified atom stereocenters. The van der Waals surface area contributed by atoms with E-state index in [-0.39, 0.29) is 5.92 Å². The molecule has 2 N–H and O–H groups in total. The van der Waals surface area contributed by atoms with Crippen LogP contribution in [-0.4, -0.2) is 38.5 Å². The van der Waals surface area contributed by atoms with Gasteiger partial charge < -0.3 is 10.6 Å². The van der Waals surface area contributed by atoms with Crippen LogP contribution in [0.3, 0.4) is 0 Å². The third-order valence-electron chi connectivity index (χ3n) is 5.86. The summed E-state index contributed by atoms with van der Waals surface area (Å²) in [5.74, 6) is 1.78. The molecule has 2 aromatic heterocycles. The number of hydrogen-bond donors (Lipinski definition) is 1. The first-order valence-electron chi connectivity index (χ1n) is 9.58. The Labute approximate surface area is 148 Å². The highest BCUT2D eigenvalue weighted by molar-refractivity contribution is 5.76. The van der Waals surface area contributed by atoms with Gasteiger partial charge in [0.1, 0.15) is 0 Å². The molecule has 0 spiro atoms. The van der Waals surface area contributed by atoms with Gasteiger partial charge in [-0.1, -0.05) is 25.7 Å². The molecular formula is C19H27N5O. The lowest BCUT2D eigenvalue weighted by Gasteiger charge is -2.33. The van der Waals surface area contributed by atoms with Crippen LogP contribution in [0, 0.1) is 5.92 Å². The van der Waals surface area contributed by atoms with Gasteiger partial charge in [-0.3, -0.25) is 4.79 Å². The predicted octanol–water partition coefficient (Wildman–Crippen LogP) is 2.99. The number of rotatable bonds is 4. The Morgan fingerprint density at radius 3 is 2.92 bits per heavy atom. The van der Waals surface area contributed by atoms with Crippen LogP contribution in [0.2, 0.25) is 0 Å². The number of nitrogens with zero attached hydrogens (tertiary/aromatic N) is 4. The molecule has 0 aromatic carbocycles. The van der Waals surface area contributed by atoms with Gasteiger partial charge in [-0.2, -0.15) is 5.10 Å². The van der Waals surface area contributed by atoms with Gasteiger partial charge in [-0.15, -0.1) is 0 Å². The molecule has 1 aliphatic carbocycles. The van der Waals surface area contributed by atoms with Crippen LogP contribution in [0.5, 0.6) is 0 Å². The van der Waals surface area contributed by atoms with Crippen LogP contribution < -0.4 is 5.73 Å². The summed E-state index contributed by atoms with van der Waals surface area (Å²) in [7, 11) is 0. The molecule has 0 bridgehead atoms. The Morgan fingerprint density at radius 2 is 2.08 bits per heavy atom. The summed E-state index contributed by atoms with van der Waals surface area (Å²) >= 11 is 0. The number of carbonyl (C=O) groups is 1. The molecule has 6 heteroatoms. The number of nitrogens with two attached hydrogens (primary N) is 1. The van der Waals surface area contributed by atoms with Crippen LogP contribution in [0.25, 0.3) is 5.52 Å². The van der Waals surface area contributed by atoms with Crippen molar-refractivity contribution in [2.75, 3.05) is 18.8 Å². The Morgan fingerprint density at radius 1 is 1.24 bits per heavy atom. The van der Waals surface area contributed by atoms with Crippen LogP contribution >= 0.6 is 0 Å². The van der Waals surface area contributed by atoms with Crippen molar-refractivity contribution in [1.82, 2.24) is 19.5 Å². The summed E-state index contributed by atoms with van der Waals surface area (Å²) in [4.78, 5) is 19.2. The molecule has 2 aliphatic rings. The Hall–Kier alpha value is -2.11. The van der Waals surface area contributed by atoms with Gasteiger partial charge in [-0.05, 0) is 37.3 Å². The Kier molecular flexibility index (Phi) is 4.59. The van der Waals surface area contributed by atoms with Gasteiger partial charge in [0.15, 0.2) is 0 Å². The maximum Gasteiger partial charge on any atom is 0.222 e. The number of aromatic nitrogens is 3. The number of carbonyl (C=O) groups excluding carboxylic acids is 1. The highest BCUT2D eigenvalue weighted by atomic mass is 16.2. The summed E-state index contributed by atoms with van der Waals surface area (Å²) < 4.78 is 1.65. The fourth-order valence-electron chi connectivity index (χ4n) is 4.42. The third-order valence-corrected chi connectivity index (χ3v) is 5.86. The second-order valence-electron chi connectivity index (χ2n) is 7.58. The monoisotopic (exact) mass is 341 g/mol. The summed E-state index contributed by atoms with van der Waals surface area (Å²) in [6.45, 7) is 1.64. The number of amides is 1. The molecule has 3 heterocycles. The quantitative estimate of drug-likeness (QED) is 0.927. The molecule has 25 heavy (non-hydrogen) atoms. The molecule has 1 saturated heterocycles. The fraction of sp³-hybridized carbons (Fsp3) is 0.632. The van der Waals surface area contributed by atoms with Crippen molar-refractivity contribution >= 4 is 17.4 Å². The minimum absolute atomic E-state index is 0.270. The van der Waals surface area contributed by atoms with Crippen LogP contribution in [-0.2, 0) is 4.79 Å². The van der Waals surface area contributed by atoms with Gasteiger partial charge >= 0.3 is 0 Å². The molecule has 2 aromatic rings. The summed E-state index contributed by atoms with van der Waals surface area (Å²) in [6, 6.07) is 4.00. The second kappa shape index (κ2) is 7.02. The molecule has 6 nitrogen and oxygen atoms in total. The van der Waals surface area contributed by atoms with Crippen molar-refractivity contribution in [3.05, 3.63) is 24.0 Å². The largest absolute Gasteiger partial charge is 0.368 e. The highest BCUT2D eigenvalue weighted by Crippen LogP contribution is 2.30. The van der Waals surface area contributed by atoms with E-state index in [1.165, 1.54) is 25.7 Å². The van der Waals surface area contributed by atoms with Crippen LogP contribution in [0.15, 0.2) is 18.3 Å². The minimum Gasteiger partial charge on any atom is -0.368 e. The van der Waals surface area contributed by atoms with Crippen LogP contribution in [0.4, 0.5) is 5.95 Å². The number of likely N-dealkylation sites (tertiary alicyclic amines) is 1. The number of anilines is 1. The van der Waals surface area contributed by atoms with Crippen LogP contribution in [0.1, 0.15) is 63.0 Å². The lowest BCUT2D eigenvalue weighted by Crippen LogP contribution is -2.39. The molecule has 0 radical (unpaired) electrons. The third kappa shape index (κ3) is 3.48. The Balaban J connectivity index is 1.41. The fourth-order valence-corrected chi connectivity index (χ4v) is 4.42. The van der Waals surface area contributed by atoms with Gasteiger partial charge in [0, 0.05) is 25.4 Å². The van der Waals surface area contributed by atoms with Crippen molar-refractivity contribution in [2.45, 2.75) is 57.3 Å². The summed E-state index contributed by atoms with van der Waals surface area (Å²) in [5.41, 5.74) is 7.98. The van der Waals surface area contributed by atoms with E-state index < -0.39 is 0 Å². The zero-order valence-corrected chi connectivity index (χ0v) is 14.7. The average Bonchev–Trinajstić information content (AvgIpc) is 3.31. The normalized spacial score (nSPS) is 21.9. The SMILES string of the molecule is Nc1nc(C2CCCN(C(=O)CCC3CCCC3)C2)cc2ccnn12. The molecular weight excluding hydrogens is 314 g/mol. The number of nitrogen functional groups attached to an aromatic ring is 1. The minimum atomic E-state index is 0.270. The van der Waals surface area contributed by atoms with E-state index >= 15 is 0 Å². The van der Waals surface area contributed by atoms with Crippen molar-refractivity contribution in [3.63, 3.8) is 0 Å². The Bertz CT molecular complexity index is 749. The maximum atomic E-state index is 12.6. The van der Waals surface area contributed by atoms with Crippen molar-refractivity contribution < 1.29 is 4.79 Å². The zero-order valence-electron chi connectivity index (χ0n) is 14.7. The lowest BCUT2D eigenvalue weighted by molar-refractivity contribution is -0.132. The van der Waals surface area contributed by atoms with E-state index in [9.17, 15) is 4.79 Å². The van der Waals surface area contributed by atoms with Gasteiger partial charge in [0.2, 0.25) is 11.9 Å². The first-order valence-corrected chi connectivity index (χ1v) is 9.58. The van der Waals surface area contributed by atoms with Gasteiger partial charge in [0.05, 0.1) is 17.4 Å². The highest BCUT2D eigenvalue weighted by Gasteiger charge is 2.27. The van der Waals surface area contributed by atoms with Crippen molar-refractivity contribution in [1.29, 1.82) is 0 Å².